The first kappa shape index (κ1) is 23.7. The number of nitrogens with one attached hydrogen (secondary N) is 1. The molecule has 10 heteroatoms. The molecule has 0 saturated carbocycles. The number of hydrogen-bond donors (Lipinski definition) is 1. The molecule has 1 amide bonds. The standard InChI is InChI=1S/C24H27F2N5O3/c1-14(16-6-5-7-17(10-16)21(25)26)28-22-18-11-19(23(33)30(3)20(18)12-27-29-22)24(34-4)8-9-31(13-24)15(2)32/h5-7,10-12,14,21H,8-9,13H2,1-4H3,(H,28,29)/t14-,24-/m1/s1. The van der Waals surface area contributed by atoms with Gasteiger partial charge in [0.2, 0.25) is 5.91 Å². The molecule has 2 atom stereocenters. The number of nitrogens with zero attached hydrogens (tertiary/aromatic N) is 4. The lowest BCUT2D eigenvalue weighted by Gasteiger charge is -2.28. The van der Waals surface area contributed by atoms with Crippen molar-refractivity contribution in [3.63, 3.8) is 0 Å². The van der Waals surface area contributed by atoms with Gasteiger partial charge in [-0.25, -0.2) is 8.78 Å². The van der Waals surface area contributed by atoms with Crippen LogP contribution in [0.5, 0.6) is 0 Å². The highest BCUT2D eigenvalue weighted by Gasteiger charge is 2.43. The molecular formula is C24H27F2N5O3. The van der Waals surface area contributed by atoms with E-state index in [1.807, 2.05) is 6.92 Å². The zero-order valence-corrected chi connectivity index (χ0v) is 19.5. The summed E-state index contributed by atoms with van der Waals surface area (Å²) in [5.74, 6) is 0.335. The Balaban J connectivity index is 1.78. The van der Waals surface area contributed by atoms with Crippen molar-refractivity contribution >= 4 is 22.6 Å². The molecular weight excluding hydrogens is 444 g/mol. The number of hydrogen-bond acceptors (Lipinski definition) is 6. The van der Waals surface area contributed by atoms with Crippen LogP contribution in [0.4, 0.5) is 14.6 Å². The number of fused-ring (bicyclic) bond motifs is 1. The molecule has 1 aromatic carbocycles. The Morgan fingerprint density at radius 2 is 2.00 bits per heavy atom. The maximum atomic E-state index is 13.3. The zero-order valence-electron chi connectivity index (χ0n) is 19.5. The second kappa shape index (κ2) is 9.09. The topological polar surface area (TPSA) is 89.3 Å². The van der Waals surface area contributed by atoms with Crippen molar-refractivity contribution in [2.45, 2.75) is 38.3 Å². The number of ether oxygens (including phenoxy) is 1. The van der Waals surface area contributed by atoms with E-state index in [2.05, 4.69) is 15.5 Å². The summed E-state index contributed by atoms with van der Waals surface area (Å²) in [6, 6.07) is 7.58. The first-order valence-electron chi connectivity index (χ1n) is 11.0. The first-order valence-corrected chi connectivity index (χ1v) is 11.0. The van der Waals surface area contributed by atoms with Crippen LogP contribution < -0.4 is 10.9 Å². The first-order chi connectivity index (χ1) is 16.2. The van der Waals surface area contributed by atoms with Crippen LogP contribution >= 0.6 is 0 Å². The summed E-state index contributed by atoms with van der Waals surface area (Å²) in [5.41, 5.74) is 0.425. The van der Waals surface area contributed by atoms with E-state index in [9.17, 15) is 18.4 Å². The van der Waals surface area contributed by atoms with Crippen molar-refractivity contribution in [3.05, 3.63) is 63.6 Å². The molecule has 0 unspecified atom stereocenters. The Morgan fingerprint density at radius 1 is 1.26 bits per heavy atom. The highest BCUT2D eigenvalue weighted by Crippen LogP contribution is 2.36. The number of rotatable bonds is 6. The number of methoxy groups -OCH3 is 1. The van der Waals surface area contributed by atoms with E-state index in [1.54, 1.807) is 30.1 Å². The number of likely N-dealkylation sites (tertiary alicyclic amines) is 1. The minimum Gasteiger partial charge on any atom is -0.371 e. The van der Waals surface area contributed by atoms with Crippen LogP contribution in [0.1, 0.15) is 49.4 Å². The smallest absolute Gasteiger partial charge is 0.263 e. The number of carbonyl (C=O) groups excluding carboxylic acids is 1. The molecule has 1 N–H and O–H groups in total. The predicted octanol–water partition coefficient (Wildman–Crippen LogP) is 3.53. The molecule has 0 aliphatic carbocycles. The average molecular weight is 472 g/mol. The minimum absolute atomic E-state index is 0.0573. The number of alkyl halides is 2. The van der Waals surface area contributed by atoms with Gasteiger partial charge in [0.15, 0.2) is 5.82 Å². The molecule has 1 fully saturated rings. The second-order valence-corrected chi connectivity index (χ2v) is 8.64. The SMILES string of the molecule is CO[C@]1(c2cc3c(N[C@H](C)c4cccc(C(F)F)c4)nncc3n(C)c2=O)CCN(C(C)=O)C1. The summed E-state index contributed by atoms with van der Waals surface area (Å²) < 4.78 is 33.6. The lowest BCUT2D eigenvalue weighted by Crippen LogP contribution is -2.40. The largest absolute Gasteiger partial charge is 0.371 e. The van der Waals surface area contributed by atoms with Gasteiger partial charge >= 0.3 is 0 Å². The summed E-state index contributed by atoms with van der Waals surface area (Å²) in [4.78, 5) is 26.9. The van der Waals surface area contributed by atoms with Crippen molar-refractivity contribution < 1.29 is 18.3 Å². The molecule has 1 aliphatic rings. The van der Waals surface area contributed by atoms with E-state index < -0.39 is 12.0 Å². The van der Waals surface area contributed by atoms with Gasteiger partial charge in [-0.2, -0.15) is 5.10 Å². The summed E-state index contributed by atoms with van der Waals surface area (Å²) >= 11 is 0. The van der Waals surface area contributed by atoms with Crippen molar-refractivity contribution in [2.75, 3.05) is 25.5 Å². The second-order valence-electron chi connectivity index (χ2n) is 8.64. The third kappa shape index (κ3) is 4.13. The molecule has 3 aromatic rings. The lowest BCUT2D eigenvalue weighted by atomic mass is 9.92. The van der Waals surface area contributed by atoms with Crippen LogP contribution in [0.25, 0.3) is 10.9 Å². The fraction of sp³-hybridized carbons (Fsp3) is 0.417. The Morgan fingerprint density at radius 3 is 2.65 bits per heavy atom. The predicted molar refractivity (Wildman–Crippen MR) is 124 cm³/mol. The van der Waals surface area contributed by atoms with Gasteiger partial charge < -0.3 is 19.5 Å². The molecule has 4 rings (SSSR count). The third-order valence-electron chi connectivity index (χ3n) is 6.63. The van der Waals surface area contributed by atoms with Gasteiger partial charge in [0, 0.05) is 45.0 Å². The van der Waals surface area contributed by atoms with E-state index in [0.717, 1.165) is 0 Å². The number of anilines is 1. The number of carbonyl (C=O) groups is 1. The summed E-state index contributed by atoms with van der Waals surface area (Å²) in [7, 11) is 3.19. The van der Waals surface area contributed by atoms with Gasteiger partial charge in [-0.1, -0.05) is 18.2 Å². The third-order valence-corrected chi connectivity index (χ3v) is 6.63. The van der Waals surface area contributed by atoms with E-state index in [1.165, 1.54) is 36.9 Å². The summed E-state index contributed by atoms with van der Waals surface area (Å²) in [6.07, 6.45) is -0.570. The Labute approximate surface area is 195 Å². The fourth-order valence-corrected chi connectivity index (χ4v) is 4.52. The average Bonchev–Trinajstić information content (AvgIpc) is 3.28. The monoisotopic (exact) mass is 471 g/mol. The molecule has 8 nitrogen and oxygen atoms in total. The maximum Gasteiger partial charge on any atom is 0.263 e. The Kier molecular flexibility index (Phi) is 6.35. The van der Waals surface area contributed by atoms with E-state index in [-0.39, 0.29) is 29.6 Å². The lowest BCUT2D eigenvalue weighted by molar-refractivity contribution is -0.129. The van der Waals surface area contributed by atoms with Crippen LogP contribution in [-0.4, -0.2) is 45.8 Å². The summed E-state index contributed by atoms with van der Waals surface area (Å²) in [6.45, 7) is 4.10. The highest BCUT2D eigenvalue weighted by molar-refractivity contribution is 5.89. The van der Waals surface area contributed by atoms with E-state index in [0.29, 0.717) is 40.8 Å². The van der Waals surface area contributed by atoms with Gasteiger partial charge in [0.05, 0.1) is 29.9 Å². The van der Waals surface area contributed by atoms with Gasteiger partial charge in [0.25, 0.3) is 12.0 Å². The number of pyridine rings is 1. The Hall–Kier alpha value is -3.40. The molecule has 1 saturated heterocycles. The van der Waals surface area contributed by atoms with Crippen LogP contribution in [0.15, 0.2) is 41.3 Å². The molecule has 34 heavy (non-hydrogen) atoms. The molecule has 180 valence electrons. The molecule has 0 radical (unpaired) electrons. The highest BCUT2D eigenvalue weighted by atomic mass is 19.3. The Bertz CT molecular complexity index is 1300. The van der Waals surface area contributed by atoms with Crippen molar-refractivity contribution in [3.8, 4) is 0 Å². The molecule has 1 aliphatic heterocycles. The molecule has 0 spiro atoms. The van der Waals surface area contributed by atoms with Crippen LogP contribution in [0, 0.1) is 0 Å². The number of aryl methyl sites for hydroxylation is 1. The summed E-state index contributed by atoms with van der Waals surface area (Å²) in [5, 5.41) is 12.2. The van der Waals surface area contributed by atoms with Crippen LogP contribution in [-0.2, 0) is 22.2 Å². The van der Waals surface area contributed by atoms with Crippen molar-refractivity contribution in [1.29, 1.82) is 0 Å². The van der Waals surface area contributed by atoms with Crippen LogP contribution in [0.3, 0.4) is 0 Å². The fourth-order valence-electron chi connectivity index (χ4n) is 4.52. The van der Waals surface area contributed by atoms with Crippen LogP contribution in [0.2, 0.25) is 0 Å². The van der Waals surface area contributed by atoms with Gasteiger partial charge in [-0.3, -0.25) is 9.59 Å². The number of halogens is 2. The normalized spacial score (nSPS) is 19.1. The zero-order chi connectivity index (χ0) is 24.6. The number of amides is 1. The van der Waals surface area contributed by atoms with Crippen molar-refractivity contribution in [2.24, 2.45) is 7.05 Å². The van der Waals surface area contributed by atoms with Gasteiger partial charge in [-0.05, 0) is 24.6 Å². The molecule has 2 aromatic heterocycles. The molecule has 0 bridgehead atoms. The minimum atomic E-state index is -2.56. The number of benzene rings is 1. The van der Waals surface area contributed by atoms with E-state index >= 15 is 0 Å². The maximum absolute atomic E-state index is 13.3. The van der Waals surface area contributed by atoms with Gasteiger partial charge in [-0.15, -0.1) is 5.10 Å². The molecule has 3 heterocycles. The van der Waals surface area contributed by atoms with Gasteiger partial charge in [0.1, 0.15) is 5.60 Å². The van der Waals surface area contributed by atoms with E-state index in [4.69, 9.17) is 4.74 Å². The quantitative estimate of drug-likeness (QED) is 0.592. The number of aromatic nitrogens is 3. The van der Waals surface area contributed by atoms with Crippen molar-refractivity contribution in [1.82, 2.24) is 19.7 Å².